The lowest BCUT2D eigenvalue weighted by atomic mass is 10.1. The third kappa shape index (κ3) is 3.07. The van der Waals surface area contributed by atoms with E-state index in [0.29, 0.717) is 18.5 Å². The van der Waals surface area contributed by atoms with Crippen LogP contribution in [0.2, 0.25) is 0 Å². The number of hydrogen-bond acceptors (Lipinski definition) is 4. The molecule has 2 aromatic rings. The molecular formula is C13H14N2O2S. The van der Waals surface area contributed by atoms with Crippen LogP contribution in [0.25, 0.3) is 0 Å². The number of aromatic nitrogens is 1. The Kier molecular flexibility index (Phi) is 3.94. The summed E-state index contributed by atoms with van der Waals surface area (Å²) in [7, 11) is 0. The number of benzene rings is 1. The summed E-state index contributed by atoms with van der Waals surface area (Å²) in [5.41, 5.74) is 3.99. The lowest BCUT2D eigenvalue weighted by Crippen LogP contribution is -2.25. The molecule has 0 aliphatic rings. The molecule has 0 saturated carbocycles. The molecule has 0 atom stereocenters. The summed E-state index contributed by atoms with van der Waals surface area (Å²) in [6.07, 6.45) is 0.696. The molecule has 4 nitrogen and oxygen atoms in total. The van der Waals surface area contributed by atoms with Gasteiger partial charge in [0.25, 0.3) is 5.91 Å². The number of carbonyl (C=O) groups excluding carboxylic acids is 1. The van der Waals surface area contributed by atoms with Crippen LogP contribution in [0.1, 0.15) is 21.6 Å². The van der Waals surface area contributed by atoms with E-state index in [1.165, 1.54) is 17.4 Å². The fraction of sp³-hybridized carbons (Fsp3) is 0.231. The van der Waals surface area contributed by atoms with Crippen molar-refractivity contribution in [2.75, 3.05) is 6.54 Å². The Labute approximate surface area is 109 Å². The summed E-state index contributed by atoms with van der Waals surface area (Å²) in [6.45, 7) is 2.39. The zero-order chi connectivity index (χ0) is 13.0. The van der Waals surface area contributed by atoms with Gasteiger partial charge in [0, 0.05) is 18.3 Å². The van der Waals surface area contributed by atoms with Crippen LogP contribution in [0, 0.1) is 6.92 Å². The van der Waals surface area contributed by atoms with Crippen LogP contribution in [0.4, 0.5) is 0 Å². The van der Waals surface area contributed by atoms with Crippen LogP contribution in [0.15, 0.2) is 29.1 Å². The minimum atomic E-state index is -0.258. The fourth-order valence-electron chi connectivity index (χ4n) is 1.59. The van der Waals surface area contributed by atoms with Crippen molar-refractivity contribution in [2.45, 2.75) is 13.3 Å². The van der Waals surface area contributed by atoms with Crippen LogP contribution in [0.5, 0.6) is 5.75 Å². The first-order valence-electron chi connectivity index (χ1n) is 5.61. The molecule has 1 aromatic carbocycles. The molecule has 94 valence electrons. The molecule has 2 N–H and O–H groups in total. The van der Waals surface area contributed by atoms with Gasteiger partial charge in [-0.2, -0.15) is 0 Å². The van der Waals surface area contributed by atoms with Crippen LogP contribution >= 0.6 is 11.3 Å². The van der Waals surface area contributed by atoms with E-state index in [-0.39, 0.29) is 11.7 Å². The first kappa shape index (κ1) is 12.6. The maximum Gasteiger partial charge on any atom is 0.255 e. The lowest BCUT2D eigenvalue weighted by molar-refractivity contribution is 0.0951. The van der Waals surface area contributed by atoms with E-state index in [1.54, 1.807) is 17.6 Å². The van der Waals surface area contributed by atoms with Gasteiger partial charge in [-0.05, 0) is 19.1 Å². The average molecular weight is 262 g/mol. The first-order chi connectivity index (χ1) is 8.66. The van der Waals surface area contributed by atoms with E-state index >= 15 is 0 Å². The van der Waals surface area contributed by atoms with Gasteiger partial charge in [0.1, 0.15) is 5.75 Å². The van der Waals surface area contributed by atoms with Crippen LogP contribution in [0.3, 0.4) is 0 Å². The zero-order valence-electron chi connectivity index (χ0n) is 10.0. The van der Waals surface area contributed by atoms with Gasteiger partial charge in [0.2, 0.25) is 0 Å². The lowest BCUT2D eigenvalue weighted by Gasteiger charge is -2.06. The van der Waals surface area contributed by atoms with E-state index in [9.17, 15) is 9.90 Å². The van der Waals surface area contributed by atoms with Gasteiger partial charge < -0.3 is 10.4 Å². The number of phenolic OH excluding ortho intramolecular Hbond substituents is 1. The Morgan fingerprint density at radius 1 is 1.50 bits per heavy atom. The molecule has 18 heavy (non-hydrogen) atoms. The normalized spacial score (nSPS) is 10.3. The second kappa shape index (κ2) is 5.64. The Morgan fingerprint density at radius 2 is 2.33 bits per heavy atom. The molecule has 0 unspecified atom stereocenters. The van der Waals surface area contributed by atoms with Crippen LogP contribution in [-0.2, 0) is 6.42 Å². The van der Waals surface area contributed by atoms with Crippen molar-refractivity contribution in [2.24, 2.45) is 0 Å². The summed E-state index contributed by atoms with van der Waals surface area (Å²) in [5, 5.41) is 14.3. The van der Waals surface area contributed by atoms with Crippen molar-refractivity contribution in [3.63, 3.8) is 0 Å². The number of thiazole rings is 1. The smallest absolute Gasteiger partial charge is 0.255 e. The summed E-state index contributed by atoms with van der Waals surface area (Å²) in [4.78, 5) is 16.0. The van der Waals surface area contributed by atoms with E-state index in [4.69, 9.17) is 0 Å². The van der Waals surface area contributed by atoms with Gasteiger partial charge in [-0.3, -0.25) is 4.79 Å². The molecule has 0 spiro atoms. The number of nitrogens with one attached hydrogen (secondary N) is 1. The summed E-state index contributed by atoms with van der Waals surface area (Å²) in [6, 6.07) is 4.97. The van der Waals surface area contributed by atoms with Crippen molar-refractivity contribution in [3.05, 3.63) is 45.9 Å². The third-order valence-electron chi connectivity index (χ3n) is 2.55. The Hall–Kier alpha value is -1.88. The molecule has 1 amide bonds. The molecular weight excluding hydrogens is 248 g/mol. The zero-order valence-corrected chi connectivity index (χ0v) is 10.8. The van der Waals surface area contributed by atoms with Gasteiger partial charge >= 0.3 is 0 Å². The number of rotatable bonds is 4. The number of aryl methyl sites for hydroxylation is 1. The topological polar surface area (TPSA) is 62.2 Å². The molecule has 1 aromatic heterocycles. The molecule has 0 bridgehead atoms. The summed E-state index contributed by atoms with van der Waals surface area (Å²) in [5.74, 6) is -0.252. The average Bonchev–Trinajstić information content (AvgIpc) is 2.85. The number of amides is 1. The standard InChI is InChI=1S/C13H14N2O2S/c1-9-2-3-12(16)11(6-9)13(17)14-5-4-10-7-18-8-15-10/h2-3,6-8,16H,4-5H2,1H3,(H,14,17). The number of phenols is 1. The van der Waals surface area contributed by atoms with E-state index in [1.807, 2.05) is 12.3 Å². The van der Waals surface area contributed by atoms with Gasteiger partial charge in [0.15, 0.2) is 0 Å². The van der Waals surface area contributed by atoms with Crippen molar-refractivity contribution in [1.82, 2.24) is 10.3 Å². The predicted molar refractivity (Wildman–Crippen MR) is 71.0 cm³/mol. The van der Waals surface area contributed by atoms with Gasteiger partial charge in [-0.25, -0.2) is 4.98 Å². The molecule has 0 fully saturated rings. The Balaban J connectivity index is 1.93. The maximum atomic E-state index is 11.9. The van der Waals surface area contributed by atoms with Crippen molar-refractivity contribution in [1.29, 1.82) is 0 Å². The highest BCUT2D eigenvalue weighted by Crippen LogP contribution is 2.17. The Morgan fingerprint density at radius 3 is 3.06 bits per heavy atom. The predicted octanol–water partition coefficient (Wildman–Crippen LogP) is 2.13. The first-order valence-corrected chi connectivity index (χ1v) is 6.56. The molecule has 2 rings (SSSR count). The van der Waals surface area contributed by atoms with Crippen LogP contribution in [-0.4, -0.2) is 22.5 Å². The number of nitrogens with zero attached hydrogens (tertiary/aromatic N) is 1. The van der Waals surface area contributed by atoms with Crippen molar-refractivity contribution < 1.29 is 9.90 Å². The molecule has 0 aliphatic carbocycles. The monoisotopic (exact) mass is 262 g/mol. The minimum absolute atomic E-state index is 0.00626. The number of hydrogen-bond donors (Lipinski definition) is 2. The molecule has 5 heteroatoms. The summed E-state index contributed by atoms with van der Waals surface area (Å²) < 4.78 is 0. The highest BCUT2D eigenvalue weighted by molar-refractivity contribution is 7.07. The van der Waals surface area contributed by atoms with E-state index in [2.05, 4.69) is 10.3 Å². The summed E-state index contributed by atoms with van der Waals surface area (Å²) >= 11 is 1.54. The fourth-order valence-corrected chi connectivity index (χ4v) is 2.18. The maximum absolute atomic E-state index is 11.9. The van der Waals surface area contributed by atoms with Crippen molar-refractivity contribution in [3.8, 4) is 5.75 Å². The van der Waals surface area contributed by atoms with E-state index in [0.717, 1.165) is 11.3 Å². The third-order valence-corrected chi connectivity index (χ3v) is 3.18. The number of aromatic hydroxyl groups is 1. The second-order valence-corrected chi connectivity index (χ2v) is 4.72. The van der Waals surface area contributed by atoms with Gasteiger partial charge in [-0.15, -0.1) is 11.3 Å². The Bertz CT molecular complexity index is 538. The van der Waals surface area contributed by atoms with Crippen molar-refractivity contribution >= 4 is 17.2 Å². The molecule has 1 heterocycles. The van der Waals surface area contributed by atoms with E-state index < -0.39 is 0 Å². The van der Waals surface area contributed by atoms with Gasteiger partial charge in [-0.1, -0.05) is 11.6 Å². The quantitative estimate of drug-likeness (QED) is 0.887. The SMILES string of the molecule is Cc1ccc(O)c(C(=O)NCCc2cscn2)c1. The minimum Gasteiger partial charge on any atom is -0.507 e. The largest absolute Gasteiger partial charge is 0.507 e. The second-order valence-electron chi connectivity index (χ2n) is 4.01. The molecule has 0 saturated heterocycles. The number of carbonyl (C=O) groups is 1. The highest BCUT2D eigenvalue weighted by atomic mass is 32.1. The van der Waals surface area contributed by atoms with Crippen LogP contribution < -0.4 is 5.32 Å². The molecule has 0 aliphatic heterocycles. The highest BCUT2D eigenvalue weighted by Gasteiger charge is 2.10. The van der Waals surface area contributed by atoms with Gasteiger partial charge in [0.05, 0.1) is 16.8 Å². The molecule has 0 radical (unpaired) electrons.